The van der Waals surface area contributed by atoms with Gasteiger partial charge in [-0.05, 0) is 31.0 Å². The first-order valence-corrected chi connectivity index (χ1v) is 11.2. The van der Waals surface area contributed by atoms with Gasteiger partial charge >= 0.3 is 0 Å². The van der Waals surface area contributed by atoms with E-state index in [1.54, 1.807) is 41.5 Å². The fourth-order valence-corrected chi connectivity index (χ4v) is 5.24. The predicted octanol–water partition coefficient (Wildman–Crippen LogP) is 5.30. The highest BCUT2D eigenvalue weighted by Crippen LogP contribution is 2.36. The van der Waals surface area contributed by atoms with Crippen LogP contribution in [0.1, 0.15) is 18.5 Å². The highest BCUT2D eigenvalue weighted by molar-refractivity contribution is 9.10. The lowest BCUT2D eigenvalue weighted by Gasteiger charge is -2.06. The van der Waals surface area contributed by atoms with Crippen LogP contribution in [-0.4, -0.2) is 28.3 Å². The van der Waals surface area contributed by atoms with Gasteiger partial charge < -0.3 is 10.1 Å². The van der Waals surface area contributed by atoms with Gasteiger partial charge in [-0.25, -0.2) is 4.98 Å². The van der Waals surface area contributed by atoms with Gasteiger partial charge in [-0.1, -0.05) is 39.0 Å². The van der Waals surface area contributed by atoms with Crippen LogP contribution in [0, 0.1) is 0 Å². The number of nitrogens with zero attached hydrogens (tertiary/aromatic N) is 3. The normalized spacial score (nSPS) is 13.8. The minimum absolute atomic E-state index is 0.604. The number of thioether (sulfide) groups is 1. The predicted molar refractivity (Wildman–Crippen MR) is 108 cm³/mol. The molecule has 1 saturated carbocycles. The number of hydrogen-bond acceptors (Lipinski definition) is 8. The molecule has 0 aliphatic heterocycles. The maximum Gasteiger partial charge on any atom is 0.206 e. The summed E-state index contributed by atoms with van der Waals surface area (Å²) in [5.41, 5.74) is 2.05. The third kappa shape index (κ3) is 4.33. The van der Waals surface area contributed by atoms with Crippen molar-refractivity contribution in [3.05, 3.63) is 33.7 Å². The summed E-state index contributed by atoms with van der Waals surface area (Å²) in [6.45, 7) is 0. The number of halogens is 1. The average Bonchev–Trinajstić information content (AvgIpc) is 3.11. The molecular formula is C16H15BrN4OS3. The van der Waals surface area contributed by atoms with Gasteiger partial charge in [0.2, 0.25) is 5.13 Å². The van der Waals surface area contributed by atoms with E-state index < -0.39 is 0 Å². The van der Waals surface area contributed by atoms with Crippen LogP contribution >= 0.6 is 50.4 Å². The third-order valence-corrected chi connectivity index (χ3v) is 7.04. The molecule has 1 aromatic carbocycles. The molecule has 130 valence electrons. The fourth-order valence-electron chi connectivity index (χ4n) is 2.21. The van der Waals surface area contributed by atoms with E-state index in [0.717, 1.165) is 41.7 Å². The molecule has 2 heterocycles. The van der Waals surface area contributed by atoms with Crippen molar-refractivity contribution in [2.75, 3.05) is 12.4 Å². The molecule has 3 aromatic rings. The molecule has 0 radical (unpaired) electrons. The summed E-state index contributed by atoms with van der Waals surface area (Å²) in [5, 5.41) is 15.8. The van der Waals surface area contributed by atoms with Crippen LogP contribution in [0.4, 0.5) is 5.13 Å². The summed E-state index contributed by atoms with van der Waals surface area (Å²) in [6.07, 6.45) is 2.48. The van der Waals surface area contributed by atoms with Crippen LogP contribution in [0.15, 0.2) is 32.4 Å². The van der Waals surface area contributed by atoms with Crippen molar-refractivity contribution in [1.29, 1.82) is 0 Å². The van der Waals surface area contributed by atoms with Crippen molar-refractivity contribution in [1.82, 2.24) is 15.2 Å². The molecule has 4 rings (SSSR count). The molecule has 5 nitrogen and oxygen atoms in total. The van der Waals surface area contributed by atoms with Gasteiger partial charge in [0.25, 0.3) is 0 Å². The lowest BCUT2D eigenvalue weighted by molar-refractivity contribution is 0.416. The van der Waals surface area contributed by atoms with Gasteiger partial charge in [0.1, 0.15) is 10.8 Å². The molecule has 0 spiro atoms. The van der Waals surface area contributed by atoms with E-state index in [9.17, 15) is 0 Å². The lowest BCUT2D eigenvalue weighted by atomic mass is 10.2. The lowest BCUT2D eigenvalue weighted by Crippen LogP contribution is -1.99. The van der Waals surface area contributed by atoms with Crippen LogP contribution in [0.3, 0.4) is 0 Å². The standard InChI is InChI=1S/C16H15BrN4OS3/c1-22-13-5-2-9(17)6-12(13)14-18-11(7-23-14)8-24-16-21-20-15(25-16)19-10-3-4-10/h2,5-7,10H,3-4,8H2,1H3,(H,19,20). The number of thiazole rings is 1. The molecule has 9 heteroatoms. The van der Waals surface area contributed by atoms with Gasteiger partial charge in [0, 0.05) is 21.6 Å². The molecule has 25 heavy (non-hydrogen) atoms. The van der Waals surface area contributed by atoms with Crippen LogP contribution in [0.2, 0.25) is 0 Å². The Balaban J connectivity index is 1.43. The maximum atomic E-state index is 5.45. The Morgan fingerprint density at radius 2 is 2.24 bits per heavy atom. The van der Waals surface area contributed by atoms with E-state index in [1.165, 1.54) is 12.8 Å². The summed E-state index contributed by atoms with van der Waals surface area (Å²) in [7, 11) is 1.68. The topological polar surface area (TPSA) is 59.9 Å². The molecule has 0 amide bonds. The zero-order valence-corrected chi connectivity index (χ0v) is 17.4. The summed E-state index contributed by atoms with van der Waals surface area (Å²) in [4.78, 5) is 4.75. The van der Waals surface area contributed by atoms with E-state index >= 15 is 0 Å². The second-order valence-electron chi connectivity index (χ2n) is 5.57. The fraction of sp³-hybridized carbons (Fsp3) is 0.312. The zero-order valence-electron chi connectivity index (χ0n) is 13.4. The Hall–Kier alpha value is -1.16. The Kier molecular flexibility index (Phi) is 5.25. The quantitative estimate of drug-likeness (QED) is 0.488. The van der Waals surface area contributed by atoms with E-state index in [1.807, 2.05) is 18.2 Å². The Bertz CT molecular complexity index is 878. The van der Waals surface area contributed by atoms with Crippen LogP contribution < -0.4 is 10.1 Å². The number of methoxy groups -OCH3 is 1. The second-order valence-corrected chi connectivity index (χ2v) is 9.54. The molecule has 0 bridgehead atoms. The second kappa shape index (κ2) is 7.61. The van der Waals surface area contributed by atoms with Gasteiger partial charge in [-0.2, -0.15) is 0 Å². The van der Waals surface area contributed by atoms with E-state index in [0.29, 0.717) is 6.04 Å². The molecule has 1 fully saturated rings. The summed E-state index contributed by atoms with van der Waals surface area (Å²) in [6, 6.07) is 6.56. The Labute approximate surface area is 166 Å². The van der Waals surface area contributed by atoms with Gasteiger partial charge in [0.05, 0.1) is 18.4 Å². The minimum atomic E-state index is 0.604. The Morgan fingerprint density at radius 1 is 1.36 bits per heavy atom. The van der Waals surface area contributed by atoms with E-state index in [-0.39, 0.29) is 0 Å². The van der Waals surface area contributed by atoms with Crippen LogP contribution in [0.5, 0.6) is 5.75 Å². The van der Waals surface area contributed by atoms with Gasteiger partial charge in [-0.15, -0.1) is 21.5 Å². The van der Waals surface area contributed by atoms with Crippen molar-refractivity contribution in [3.63, 3.8) is 0 Å². The number of nitrogens with one attached hydrogen (secondary N) is 1. The molecule has 0 saturated heterocycles. The van der Waals surface area contributed by atoms with E-state index in [4.69, 9.17) is 9.72 Å². The molecule has 1 aliphatic carbocycles. The SMILES string of the molecule is COc1ccc(Br)cc1-c1nc(CSc2nnc(NC3CC3)s2)cs1. The first-order chi connectivity index (χ1) is 12.2. The van der Waals surface area contributed by atoms with Gasteiger partial charge in [0.15, 0.2) is 4.34 Å². The Morgan fingerprint density at radius 3 is 3.04 bits per heavy atom. The molecule has 0 atom stereocenters. The minimum Gasteiger partial charge on any atom is -0.496 e. The number of rotatable bonds is 7. The third-order valence-electron chi connectivity index (χ3n) is 3.60. The van der Waals surface area contributed by atoms with Crippen molar-refractivity contribution in [3.8, 4) is 16.3 Å². The summed E-state index contributed by atoms with van der Waals surface area (Å²) < 4.78 is 7.43. The zero-order chi connectivity index (χ0) is 17.2. The first kappa shape index (κ1) is 17.3. The van der Waals surface area contributed by atoms with Gasteiger partial charge in [-0.3, -0.25) is 0 Å². The summed E-state index contributed by atoms with van der Waals surface area (Å²) >= 11 is 8.42. The van der Waals surface area contributed by atoms with Crippen molar-refractivity contribution >= 4 is 55.5 Å². The number of ether oxygens (including phenoxy) is 1. The number of hydrogen-bond donors (Lipinski definition) is 1. The summed E-state index contributed by atoms with van der Waals surface area (Å²) in [5.74, 6) is 1.61. The van der Waals surface area contributed by atoms with Crippen molar-refractivity contribution in [2.24, 2.45) is 0 Å². The smallest absolute Gasteiger partial charge is 0.206 e. The van der Waals surface area contributed by atoms with Crippen molar-refractivity contribution < 1.29 is 4.74 Å². The largest absolute Gasteiger partial charge is 0.496 e. The first-order valence-electron chi connectivity index (χ1n) is 7.72. The number of anilines is 1. The molecule has 2 aromatic heterocycles. The highest BCUT2D eigenvalue weighted by Gasteiger charge is 2.22. The van der Waals surface area contributed by atoms with Crippen molar-refractivity contribution in [2.45, 2.75) is 29.0 Å². The molecule has 1 aliphatic rings. The monoisotopic (exact) mass is 454 g/mol. The number of benzene rings is 1. The number of aromatic nitrogens is 3. The van der Waals surface area contributed by atoms with Crippen LogP contribution in [-0.2, 0) is 5.75 Å². The molecule has 0 unspecified atom stereocenters. The average molecular weight is 455 g/mol. The maximum absolute atomic E-state index is 5.45. The molecule has 1 N–H and O–H groups in total. The molecular weight excluding hydrogens is 440 g/mol. The van der Waals surface area contributed by atoms with E-state index in [2.05, 4.69) is 36.8 Å². The van der Waals surface area contributed by atoms with Crippen LogP contribution in [0.25, 0.3) is 10.6 Å². The highest BCUT2D eigenvalue weighted by atomic mass is 79.9.